The Kier molecular flexibility index (Phi) is 1.92. The van der Waals surface area contributed by atoms with Crippen molar-refractivity contribution in [2.45, 2.75) is 27.2 Å². The molecule has 0 aliphatic carbocycles. The van der Waals surface area contributed by atoms with Gasteiger partial charge in [0.2, 0.25) is 0 Å². The van der Waals surface area contributed by atoms with Crippen LogP contribution in [0.15, 0.2) is 21.5 Å². The molecule has 1 heterocycles. The molecule has 0 aromatic carbocycles. The first-order valence-corrected chi connectivity index (χ1v) is 5.11. The molecular weight excluding hydrogens is 160 g/mol. The molecule has 62 valence electrons. The normalized spacial score (nSPS) is 22.3. The van der Waals surface area contributed by atoms with E-state index in [0.717, 1.165) is 12.0 Å². The zero-order valence-electron chi connectivity index (χ0n) is 7.01. The maximum Gasteiger partial charge on any atom is 0.198 e. The molecule has 3 heteroatoms. The van der Waals surface area contributed by atoms with E-state index in [1.165, 1.54) is 0 Å². The fraction of sp³-hybridized carbons (Fsp3) is 0.500. The van der Waals surface area contributed by atoms with Gasteiger partial charge in [-0.05, 0) is 31.9 Å². The minimum atomic E-state index is -3.02. The lowest BCUT2D eigenvalue weighted by atomic mass is 10.2. The van der Waals surface area contributed by atoms with E-state index in [-0.39, 0.29) is 0 Å². The van der Waals surface area contributed by atoms with Crippen molar-refractivity contribution in [3.8, 4) is 0 Å². The molecule has 11 heavy (non-hydrogen) atoms. The second-order valence-corrected chi connectivity index (χ2v) is 4.96. The highest BCUT2D eigenvalue weighted by atomic mass is 32.2. The first-order chi connectivity index (χ1) is 5.00. The van der Waals surface area contributed by atoms with Crippen LogP contribution in [-0.2, 0) is 9.84 Å². The van der Waals surface area contributed by atoms with Crippen LogP contribution in [0.5, 0.6) is 0 Å². The molecule has 0 saturated heterocycles. The molecule has 1 aliphatic rings. The molecule has 0 atom stereocenters. The van der Waals surface area contributed by atoms with Gasteiger partial charge in [-0.2, -0.15) is 0 Å². The highest BCUT2D eigenvalue weighted by Crippen LogP contribution is 2.30. The molecule has 0 fully saturated rings. The third-order valence-corrected chi connectivity index (χ3v) is 4.07. The number of allylic oxidation sites excluding steroid dienone is 4. The van der Waals surface area contributed by atoms with Gasteiger partial charge in [0.15, 0.2) is 9.84 Å². The second kappa shape index (κ2) is 2.48. The molecule has 0 spiro atoms. The summed E-state index contributed by atoms with van der Waals surface area (Å²) in [6, 6.07) is 0. The summed E-state index contributed by atoms with van der Waals surface area (Å²) < 4.78 is 22.7. The summed E-state index contributed by atoms with van der Waals surface area (Å²) in [7, 11) is -3.02. The number of hydrogen-bond donors (Lipinski definition) is 0. The van der Waals surface area contributed by atoms with Crippen molar-refractivity contribution >= 4 is 9.84 Å². The molecule has 2 nitrogen and oxygen atoms in total. The average molecular weight is 172 g/mol. The molecule has 0 amide bonds. The standard InChI is InChI=1S/C8H12O2S/c1-4-8-5-6(2)11(9,10)7(8)3/h5H,4H2,1-3H3. The van der Waals surface area contributed by atoms with E-state index in [9.17, 15) is 8.42 Å². The zero-order chi connectivity index (χ0) is 8.65. The van der Waals surface area contributed by atoms with Crippen LogP contribution in [0.2, 0.25) is 0 Å². The van der Waals surface area contributed by atoms with Gasteiger partial charge in [-0.3, -0.25) is 0 Å². The van der Waals surface area contributed by atoms with E-state index in [2.05, 4.69) is 0 Å². The van der Waals surface area contributed by atoms with Crippen molar-refractivity contribution in [1.82, 2.24) is 0 Å². The minimum absolute atomic E-state index is 0.479. The van der Waals surface area contributed by atoms with Gasteiger partial charge in [0, 0.05) is 9.81 Å². The molecule has 0 radical (unpaired) electrons. The Balaban J connectivity index is 3.29. The summed E-state index contributed by atoms with van der Waals surface area (Å²) in [5.41, 5.74) is 0.947. The zero-order valence-corrected chi connectivity index (χ0v) is 7.83. The lowest BCUT2D eigenvalue weighted by Crippen LogP contribution is -1.97. The van der Waals surface area contributed by atoms with Crippen molar-refractivity contribution in [2.24, 2.45) is 0 Å². The van der Waals surface area contributed by atoms with E-state index in [1.807, 2.05) is 6.92 Å². The Morgan fingerprint density at radius 3 is 2.09 bits per heavy atom. The monoisotopic (exact) mass is 172 g/mol. The van der Waals surface area contributed by atoms with Crippen molar-refractivity contribution < 1.29 is 8.42 Å². The Labute approximate surface area is 67.5 Å². The lowest BCUT2D eigenvalue weighted by Gasteiger charge is -1.96. The van der Waals surface area contributed by atoms with Gasteiger partial charge in [-0.25, -0.2) is 8.42 Å². The number of hydrogen-bond acceptors (Lipinski definition) is 2. The molecule has 0 unspecified atom stereocenters. The van der Waals surface area contributed by atoms with Gasteiger partial charge >= 0.3 is 0 Å². The van der Waals surface area contributed by atoms with E-state index in [1.54, 1.807) is 19.9 Å². The molecule has 0 bridgehead atoms. The maximum atomic E-state index is 11.3. The van der Waals surface area contributed by atoms with Crippen LogP contribution in [0.1, 0.15) is 27.2 Å². The predicted octanol–water partition coefficient (Wildman–Crippen LogP) is 2.00. The minimum Gasteiger partial charge on any atom is -0.219 e. The lowest BCUT2D eigenvalue weighted by molar-refractivity contribution is 0.608. The van der Waals surface area contributed by atoms with Crippen molar-refractivity contribution in [2.75, 3.05) is 0 Å². The van der Waals surface area contributed by atoms with Crippen LogP contribution in [0, 0.1) is 0 Å². The molecular formula is C8H12O2S. The third-order valence-electron chi connectivity index (χ3n) is 2.04. The van der Waals surface area contributed by atoms with E-state index >= 15 is 0 Å². The number of rotatable bonds is 1. The molecule has 0 saturated carbocycles. The van der Waals surface area contributed by atoms with Crippen LogP contribution >= 0.6 is 0 Å². The van der Waals surface area contributed by atoms with E-state index in [4.69, 9.17) is 0 Å². The fourth-order valence-corrected chi connectivity index (χ4v) is 2.52. The summed E-state index contributed by atoms with van der Waals surface area (Å²) >= 11 is 0. The Bertz CT molecular complexity index is 331. The van der Waals surface area contributed by atoms with Gasteiger partial charge < -0.3 is 0 Å². The first-order valence-electron chi connectivity index (χ1n) is 3.63. The van der Waals surface area contributed by atoms with Crippen LogP contribution in [0.4, 0.5) is 0 Å². The Morgan fingerprint density at radius 2 is 1.91 bits per heavy atom. The smallest absolute Gasteiger partial charge is 0.198 e. The second-order valence-electron chi connectivity index (χ2n) is 2.69. The maximum absolute atomic E-state index is 11.3. The van der Waals surface area contributed by atoms with Crippen molar-refractivity contribution in [1.29, 1.82) is 0 Å². The van der Waals surface area contributed by atoms with Crippen LogP contribution < -0.4 is 0 Å². The summed E-state index contributed by atoms with van der Waals surface area (Å²) in [5.74, 6) is 0. The summed E-state index contributed by atoms with van der Waals surface area (Å²) in [6.07, 6.45) is 2.55. The average Bonchev–Trinajstić information content (AvgIpc) is 2.14. The first kappa shape index (κ1) is 8.53. The quantitative estimate of drug-likeness (QED) is 0.606. The summed E-state index contributed by atoms with van der Waals surface area (Å²) in [6.45, 7) is 5.27. The Hall–Kier alpha value is -0.570. The SMILES string of the molecule is CCC1=C(C)S(=O)(=O)C(C)=C1. The fourth-order valence-electron chi connectivity index (χ4n) is 1.19. The van der Waals surface area contributed by atoms with Crippen LogP contribution in [-0.4, -0.2) is 8.42 Å². The molecule has 0 aromatic heterocycles. The molecule has 1 aliphatic heterocycles. The summed E-state index contributed by atoms with van der Waals surface area (Å²) in [5, 5.41) is 0. The van der Waals surface area contributed by atoms with Crippen LogP contribution in [0.25, 0.3) is 0 Å². The largest absolute Gasteiger partial charge is 0.219 e. The van der Waals surface area contributed by atoms with Crippen molar-refractivity contribution in [3.63, 3.8) is 0 Å². The predicted molar refractivity (Wildman–Crippen MR) is 45.7 cm³/mol. The van der Waals surface area contributed by atoms with E-state index < -0.39 is 9.84 Å². The van der Waals surface area contributed by atoms with Gasteiger partial charge in [0.25, 0.3) is 0 Å². The topological polar surface area (TPSA) is 34.1 Å². The number of sulfone groups is 1. The van der Waals surface area contributed by atoms with E-state index in [0.29, 0.717) is 9.81 Å². The molecule has 0 N–H and O–H groups in total. The van der Waals surface area contributed by atoms with Crippen molar-refractivity contribution in [3.05, 3.63) is 21.5 Å². The van der Waals surface area contributed by atoms with Crippen LogP contribution in [0.3, 0.4) is 0 Å². The summed E-state index contributed by atoms with van der Waals surface area (Å²) in [4.78, 5) is 1.00. The van der Waals surface area contributed by atoms with Gasteiger partial charge in [-0.15, -0.1) is 0 Å². The Morgan fingerprint density at radius 1 is 1.36 bits per heavy atom. The van der Waals surface area contributed by atoms with Gasteiger partial charge in [0.05, 0.1) is 0 Å². The molecule has 1 rings (SSSR count). The highest BCUT2D eigenvalue weighted by molar-refractivity contribution is 7.99. The van der Waals surface area contributed by atoms with Gasteiger partial charge in [0.1, 0.15) is 0 Å². The highest BCUT2D eigenvalue weighted by Gasteiger charge is 2.24. The van der Waals surface area contributed by atoms with Gasteiger partial charge in [-0.1, -0.05) is 6.92 Å². The third kappa shape index (κ3) is 1.13. The molecule has 0 aromatic rings.